The molecule has 0 aromatic carbocycles. The van der Waals surface area contributed by atoms with Gasteiger partial charge in [-0.25, -0.2) is 0 Å². The Bertz CT molecular complexity index is 589. The van der Waals surface area contributed by atoms with Gasteiger partial charge in [0.2, 0.25) is 5.91 Å². The highest BCUT2D eigenvalue weighted by Crippen LogP contribution is 2.66. The first-order chi connectivity index (χ1) is 12.3. The van der Waals surface area contributed by atoms with Crippen LogP contribution in [-0.2, 0) is 9.53 Å². The Kier molecular flexibility index (Phi) is 4.53. The second-order valence-corrected chi connectivity index (χ2v) is 10.4. The monoisotopic (exact) mass is 359 g/mol. The second kappa shape index (κ2) is 6.36. The lowest BCUT2D eigenvalue weighted by Crippen LogP contribution is -2.62. The molecular formula is C23H37NO2. The number of ether oxygens (including phenoxy) is 1. The molecular weight excluding hydrogens is 322 g/mol. The van der Waals surface area contributed by atoms with Crippen LogP contribution < -0.4 is 0 Å². The molecule has 1 aliphatic heterocycles. The first-order valence-electron chi connectivity index (χ1n) is 10.8. The van der Waals surface area contributed by atoms with Crippen molar-refractivity contribution in [2.75, 3.05) is 13.7 Å². The van der Waals surface area contributed by atoms with Crippen LogP contribution in [-0.4, -0.2) is 36.6 Å². The molecule has 1 amide bonds. The first-order valence-corrected chi connectivity index (χ1v) is 10.8. The van der Waals surface area contributed by atoms with E-state index in [1.54, 1.807) is 0 Å². The molecule has 3 heteroatoms. The molecule has 4 rings (SSSR count). The van der Waals surface area contributed by atoms with Crippen LogP contribution >= 0.6 is 0 Å². The van der Waals surface area contributed by atoms with Crippen molar-refractivity contribution in [1.29, 1.82) is 0 Å². The van der Waals surface area contributed by atoms with Gasteiger partial charge in [0.1, 0.15) is 0 Å². The highest BCUT2D eigenvalue weighted by molar-refractivity contribution is 5.77. The van der Waals surface area contributed by atoms with Crippen LogP contribution in [0.2, 0.25) is 0 Å². The summed E-state index contributed by atoms with van der Waals surface area (Å²) in [5, 5.41) is 0. The minimum Gasteiger partial charge on any atom is -0.374 e. The quantitative estimate of drug-likeness (QED) is 0.686. The first kappa shape index (κ1) is 18.5. The minimum atomic E-state index is 0.307. The van der Waals surface area contributed by atoms with E-state index in [1.807, 2.05) is 6.08 Å². The Morgan fingerprint density at radius 3 is 2.77 bits per heavy atom. The van der Waals surface area contributed by atoms with E-state index in [9.17, 15) is 4.79 Å². The molecule has 26 heavy (non-hydrogen) atoms. The Morgan fingerprint density at radius 2 is 2.04 bits per heavy atom. The number of amides is 1. The lowest BCUT2D eigenvalue weighted by Gasteiger charge is -2.63. The predicted octanol–water partition coefficient (Wildman–Crippen LogP) is 4.67. The molecule has 4 fully saturated rings. The van der Waals surface area contributed by atoms with Crippen LogP contribution in [0.25, 0.3) is 0 Å². The minimum absolute atomic E-state index is 0.307. The average Bonchev–Trinajstić information content (AvgIpc) is 2.95. The summed E-state index contributed by atoms with van der Waals surface area (Å²) in [7, 11) is 2.05. The largest absolute Gasteiger partial charge is 0.374 e. The third-order valence-corrected chi connectivity index (χ3v) is 9.11. The Balaban J connectivity index is 1.61. The molecule has 1 heterocycles. The van der Waals surface area contributed by atoms with Gasteiger partial charge < -0.3 is 9.64 Å². The zero-order chi connectivity index (χ0) is 18.7. The van der Waals surface area contributed by atoms with Crippen molar-refractivity contribution in [2.24, 2.45) is 34.5 Å². The summed E-state index contributed by atoms with van der Waals surface area (Å²) in [5.41, 5.74) is 0.752. The fraction of sp³-hybridized carbons (Fsp3) is 0.870. The van der Waals surface area contributed by atoms with Gasteiger partial charge in [-0.05, 0) is 73.0 Å². The van der Waals surface area contributed by atoms with Gasteiger partial charge in [-0.1, -0.05) is 26.8 Å². The molecule has 146 valence electrons. The molecule has 0 radical (unpaired) electrons. The van der Waals surface area contributed by atoms with E-state index in [0.717, 1.165) is 30.6 Å². The lowest BCUT2D eigenvalue weighted by atomic mass is 9.45. The third-order valence-electron chi connectivity index (χ3n) is 9.11. The van der Waals surface area contributed by atoms with Crippen molar-refractivity contribution in [1.82, 2.24) is 4.90 Å². The fourth-order valence-corrected chi connectivity index (χ4v) is 7.79. The van der Waals surface area contributed by atoms with Gasteiger partial charge in [-0.15, -0.1) is 6.58 Å². The number of carbonyl (C=O) groups excluding carboxylic acids is 1. The molecule has 3 saturated carbocycles. The van der Waals surface area contributed by atoms with Crippen LogP contribution in [0.3, 0.4) is 0 Å². The fourth-order valence-electron chi connectivity index (χ4n) is 7.79. The highest BCUT2D eigenvalue weighted by Gasteiger charge is 2.62. The number of rotatable bonds is 3. The molecule has 4 unspecified atom stereocenters. The molecule has 3 nitrogen and oxygen atoms in total. The van der Waals surface area contributed by atoms with E-state index in [1.165, 1.54) is 32.1 Å². The molecule has 0 N–H and O–H groups in total. The maximum atomic E-state index is 12.3. The van der Waals surface area contributed by atoms with E-state index in [0.29, 0.717) is 41.4 Å². The van der Waals surface area contributed by atoms with Gasteiger partial charge in [0, 0.05) is 19.5 Å². The van der Waals surface area contributed by atoms with Crippen LogP contribution in [0.15, 0.2) is 12.7 Å². The molecule has 0 aromatic rings. The number of fused-ring (bicyclic) bond motifs is 5. The van der Waals surface area contributed by atoms with Crippen LogP contribution in [0.1, 0.15) is 65.7 Å². The standard InChI is InChI=1S/C23H37NO2/c1-6-11-26-16-13-18-21-15(2)12-19-23(4,10-8-20(25)24(19)5)17(21)7-9-22(18,3)14-16/h6,15-19,21H,1,7-14H2,2-5H3/t15-,16-,17?,18?,19?,21?,22+,23+/m0/s1. The number of hydrogen-bond acceptors (Lipinski definition) is 2. The number of likely N-dealkylation sites (tertiary alicyclic amines) is 1. The average molecular weight is 360 g/mol. The van der Waals surface area contributed by atoms with Crippen LogP contribution in [0, 0.1) is 34.5 Å². The van der Waals surface area contributed by atoms with Crippen molar-refractivity contribution in [3.05, 3.63) is 12.7 Å². The molecule has 8 atom stereocenters. The molecule has 3 aliphatic carbocycles. The number of carbonyl (C=O) groups is 1. The Hall–Kier alpha value is -0.830. The molecule has 0 spiro atoms. The maximum Gasteiger partial charge on any atom is 0.222 e. The lowest BCUT2D eigenvalue weighted by molar-refractivity contribution is -0.164. The summed E-state index contributed by atoms with van der Waals surface area (Å²) >= 11 is 0. The van der Waals surface area contributed by atoms with Gasteiger partial charge in [0.15, 0.2) is 0 Å². The Morgan fingerprint density at radius 1 is 1.27 bits per heavy atom. The number of piperidine rings is 1. The van der Waals surface area contributed by atoms with Crippen molar-refractivity contribution < 1.29 is 9.53 Å². The van der Waals surface area contributed by atoms with Gasteiger partial charge in [-0.2, -0.15) is 0 Å². The second-order valence-electron chi connectivity index (χ2n) is 10.4. The number of nitrogens with zero attached hydrogens (tertiary/aromatic N) is 1. The van der Waals surface area contributed by atoms with Gasteiger partial charge >= 0.3 is 0 Å². The van der Waals surface area contributed by atoms with E-state index in [4.69, 9.17) is 4.74 Å². The smallest absolute Gasteiger partial charge is 0.222 e. The zero-order valence-corrected chi connectivity index (χ0v) is 17.2. The summed E-state index contributed by atoms with van der Waals surface area (Å²) < 4.78 is 6.12. The molecule has 0 aromatic heterocycles. The van der Waals surface area contributed by atoms with Crippen molar-refractivity contribution in [2.45, 2.75) is 77.9 Å². The molecule has 1 saturated heterocycles. The van der Waals surface area contributed by atoms with Crippen molar-refractivity contribution in [3.63, 3.8) is 0 Å². The Labute approximate surface area is 159 Å². The van der Waals surface area contributed by atoms with E-state index < -0.39 is 0 Å². The maximum absolute atomic E-state index is 12.3. The van der Waals surface area contributed by atoms with Gasteiger partial charge in [-0.3, -0.25) is 4.79 Å². The van der Waals surface area contributed by atoms with Crippen molar-refractivity contribution >= 4 is 5.91 Å². The normalized spacial score (nSPS) is 50.8. The zero-order valence-electron chi connectivity index (χ0n) is 17.2. The molecule has 0 bridgehead atoms. The van der Waals surface area contributed by atoms with E-state index in [2.05, 4.69) is 39.3 Å². The van der Waals surface area contributed by atoms with Gasteiger partial charge in [0.05, 0.1) is 12.7 Å². The summed E-state index contributed by atoms with van der Waals surface area (Å²) in [6.45, 7) is 12.0. The summed E-state index contributed by atoms with van der Waals surface area (Å²) in [6, 6.07) is 0.443. The summed E-state index contributed by atoms with van der Waals surface area (Å²) in [5.74, 6) is 3.41. The highest BCUT2D eigenvalue weighted by atomic mass is 16.5. The predicted molar refractivity (Wildman–Crippen MR) is 105 cm³/mol. The number of hydrogen-bond donors (Lipinski definition) is 0. The van der Waals surface area contributed by atoms with Gasteiger partial charge in [0.25, 0.3) is 0 Å². The topological polar surface area (TPSA) is 29.5 Å². The van der Waals surface area contributed by atoms with Crippen molar-refractivity contribution in [3.8, 4) is 0 Å². The summed E-state index contributed by atoms with van der Waals surface area (Å²) in [6.07, 6.45) is 10.4. The summed E-state index contributed by atoms with van der Waals surface area (Å²) in [4.78, 5) is 14.4. The SMILES string of the molecule is C=CCO[C@H]1CC2C3C(CC[C@]2(C)C1)[C@@]1(C)CCC(=O)N(C)C1C[C@@H]3C. The van der Waals surface area contributed by atoms with E-state index in [-0.39, 0.29) is 0 Å². The van der Waals surface area contributed by atoms with Crippen LogP contribution in [0.4, 0.5) is 0 Å². The van der Waals surface area contributed by atoms with Crippen LogP contribution in [0.5, 0.6) is 0 Å². The molecule has 4 aliphatic rings. The third kappa shape index (κ3) is 2.60. The van der Waals surface area contributed by atoms with E-state index >= 15 is 0 Å².